The quantitative estimate of drug-likeness (QED) is 0.148. The van der Waals surface area contributed by atoms with E-state index in [1.54, 1.807) is 31.2 Å². The molecule has 15 heteroatoms. The number of ether oxygens (including phenoxy) is 5. The zero-order valence-corrected chi connectivity index (χ0v) is 26.2. The Labute approximate surface area is 274 Å². The predicted octanol–water partition coefficient (Wildman–Crippen LogP) is 1.28. The average molecular weight is 685 g/mol. The third kappa shape index (κ3) is 7.29. The van der Waals surface area contributed by atoms with E-state index in [2.05, 4.69) is 5.32 Å². The highest BCUT2D eigenvalue weighted by atomic mass is 35.5. The predicted molar refractivity (Wildman–Crippen MR) is 163 cm³/mol. The maximum absolute atomic E-state index is 12.9. The van der Waals surface area contributed by atoms with E-state index in [1.165, 1.54) is 31.2 Å². The number of aliphatic hydroxyl groups excluding tert-OH is 5. The number of phenolic OH excluding ortho intramolecular Hbond substituents is 1. The van der Waals surface area contributed by atoms with Crippen molar-refractivity contribution in [3.05, 3.63) is 69.2 Å². The van der Waals surface area contributed by atoms with Crippen LogP contribution in [0.5, 0.6) is 17.2 Å². The number of carbonyl (C=O) groups is 1. The van der Waals surface area contributed by atoms with E-state index in [0.29, 0.717) is 26.9 Å². The largest absolute Gasteiger partial charge is 0.504 e. The second-order valence-corrected chi connectivity index (χ2v) is 12.1. The molecule has 2 heterocycles. The van der Waals surface area contributed by atoms with E-state index in [4.69, 9.17) is 46.9 Å². The first-order chi connectivity index (χ1) is 21.8. The Bertz CT molecular complexity index is 1490. The number of aromatic hydroxyl groups is 1. The first-order valence-corrected chi connectivity index (χ1v) is 15.1. The van der Waals surface area contributed by atoms with Crippen LogP contribution in [0.25, 0.3) is 6.08 Å². The average Bonchev–Trinajstić information content (AvgIpc) is 3.62. The third-order valence-electron chi connectivity index (χ3n) is 8.08. The van der Waals surface area contributed by atoms with Gasteiger partial charge in [-0.15, -0.1) is 0 Å². The normalized spacial score (nSPS) is 33.1. The summed E-state index contributed by atoms with van der Waals surface area (Å²) < 4.78 is 27.6. The van der Waals surface area contributed by atoms with Crippen LogP contribution < -0.4 is 14.8 Å². The molecule has 0 bridgehead atoms. The summed E-state index contributed by atoms with van der Waals surface area (Å²) in [5, 5.41) is 66.5. The molecule has 10 atom stereocenters. The number of benzene rings is 2. The van der Waals surface area contributed by atoms with Gasteiger partial charge in [-0.2, -0.15) is 0 Å². The van der Waals surface area contributed by atoms with Gasteiger partial charge in [-0.1, -0.05) is 29.3 Å². The van der Waals surface area contributed by atoms with Gasteiger partial charge in [0, 0.05) is 10.6 Å². The van der Waals surface area contributed by atoms with Gasteiger partial charge in [0.2, 0.25) is 12.2 Å². The van der Waals surface area contributed by atoms with E-state index in [0.717, 1.165) is 0 Å². The summed E-state index contributed by atoms with van der Waals surface area (Å²) >= 11 is 12.0. The molecule has 0 unspecified atom stereocenters. The van der Waals surface area contributed by atoms with Crippen molar-refractivity contribution < 1.29 is 59.1 Å². The van der Waals surface area contributed by atoms with Crippen molar-refractivity contribution in [2.45, 2.75) is 75.0 Å². The molecule has 2 aromatic rings. The molecule has 0 aromatic heterocycles. The molecular weight excluding hydrogens is 649 g/mol. The number of fused-ring (bicyclic) bond motifs is 1. The highest BCUT2D eigenvalue weighted by molar-refractivity contribution is 6.35. The molecule has 1 aliphatic carbocycles. The van der Waals surface area contributed by atoms with E-state index < -0.39 is 67.1 Å². The molecule has 3 fully saturated rings. The van der Waals surface area contributed by atoms with Crippen molar-refractivity contribution in [1.29, 1.82) is 0 Å². The molecule has 0 spiro atoms. The molecule has 2 saturated heterocycles. The Balaban J connectivity index is 1.18. The summed E-state index contributed by atoms with van der Waals surface area (Å²) in [6.07, 6.45) is -7.91. The zero-order chi connectivity index (χ0) is 33.3. The third-order valence-corrected chi connectivity index (χ3v) is 8.61. The van der Waals surface area contributed by atoms with Crippen LogP contribution in [-0.2, 0) is 19.0 Å². The molecule has 0 radical (unpaired) electrons. The van der Waals surface area contributed by atoms with Crippen LogP contribution in [0.1, 0.15) is 19.4 Å². The van der Waals surface area contributed by atoms with E-state index >= 15 is 0 Å². The fourth-order valence-corrected chi connectivity index (χ4v) is 5.94. The maximum atomic E-state index is 12.9. The van der Waals surface area contributed by atoms with E-state index in [-0.39, 0.29) is 30.5 Å². The van der Waals surface area contributed by atoms with Gasteiger partial charge < -0.3 is 59.6 Å². The van der Waals surface area contributed by atoms with Crippen LogP contribution in [0.3, 0.4) is 0 Å². The van der Waals surface area contributed by atoms with Crippen molar-refractivity contribution in [1.82, 2.24) is 5.32 Å². The number of nitrogens with one attached hydrogen (secondary N) is 1. The topological polar surface area (TPSA) is 197 Å². The minimum Gasteiger partial charge on any atom is -0.504 e. The summed E-state index contributed by atoms with van der Waals surface area (Å²) in [6, 6.07) is 7.84. The highest BCUT2D eigenvalue weighted by Gasteiger charge is 2.53. The van der Waals surface area contributed by atoms with Gasteiger partial charge in [0.1, 0.15) is 68.0 Å². The van der Waals surface area contributed by atoms with Gasteiger partial charge in [-0.25, -0.2) is 0 Å². The van der Waals surface area contributed by atoms with Gasteiger partial charge in [0.25, 0.3) is 0 Å². The van der Waals surface area contributed by atoms with Gasteiger partial charge in [0.05, 0.1) is 11.1 Å². The Morgan fingerprint density at radius 3 is 2.33 bits per heavy atom. The Hall–Kier alpha value is -2.95. The summed E-state index contributed by atoms with van der Waals surface area (Å²) in [5.74, 6) is -0.598. The molecule has 3 aliphatic rings. The molecule has 2 aliphatic heterocycles. The molecular formula is C31H35Cl2NO12. The molecule has 2 aromatic carbocycles. The lowest BCUT2D eigenvalue weighted by molar-refractivity contribution is -0.155. The SMILES string of the molecule is C/C(=C\c1ccc(O[C@@H]2O[C@H](/C(C)=C/COc3ccc(Cl)cc3Cl)[C@@H](O)[C@@H]2O)c(O)c1)C(=O)N[C@@H]1[C@H](O)[C@@H](O)[C@H]2OCO[C@H]2[C@@H]1O. The lowest BCUT2D eigenvalue weighted by atomic mass is 9.83. The summed E-state index contributed by atoms with van der Waals surface area (Å²) in [4.78, 5) is 12.9. The summed E-state index contributed by atoms with van der Waals surface area (Å²) in [5.41, 5.74) is 1.13. The molecule has 5 rings (SSSR count). The number of rotatable bonds is 9. The number of phenols is 1. The van der Waals surface area contributed by atoms with Crippen LogP contribution in [-0.4, -0.2) is 111 Å². The van der Waals surface area contributed by atoms with E-state index in [1.807, 2.05) is 0 Å². The minimum atomic E-state index is -1.50. The van der Waals surface area contributed by atoms with Crippen LogP contribution in [0.2, 0.25) is 10.0 Å². The van der Waals surface area contributed by atoms with Crippen LogP contribution in [0, 0.1) is 0 Å². The first-order valence-electron chi connectivity index (χ1n) is 14.4. The zero-order valence-electron chi connectivity index (χ0n) is 24.7. The fraction of sp³-hybridized carbons (Fsp3) is 0.452. The van der Waals surface area contributed by atoms with Crippen molar-refractivity contribution in [3.8, 4) is 17.2 Å². The second kappa shape index (κ2) is 14.4. The summed E-state index contributed by atoms with van der Waals surface area (Å²) in [6.45, 7) is 3.13. The Kier molecular flexibility index (Phi) is 10.8. The smallest absolute Gasteiger partial charge is 0.247 e. The van der Waals surface area contributed by atoms with Crippen LogP contribution in [0.4, 0.5) is 0 Å². The van der Waals surface area contributed by atoms with Gasteiger partial charge >= 0.3 is 0 Å². The van der Waals surface area contributed by atoms with Gasteiger partial charge in [-0.3, -0.25) is 4.79 Å². The number of hydrogen-bond acceptors (Lipinski definition) is 12. The summed E-state index contributed by atoms with van der Waals surface area (Å²) in [7, 11) is 0. The molecule has 1 saturated carbocycles. The van der Waals surface area contributed by atoms with Crippen molar-refractivity contribution in [2.75, 3.05) is 13.4 Å². The molecule has 7 N–H and O–H groups in total. The van der Waals surface area contributed by atoms with Gasteiger partial charge in [0.15, 0.2) is 11.5 Å². The monoisotopic (exact) mass is 683 g/mol. The highest BCUT2D eigenvalue weighted by Crippen LogP contribution is 2.34. The Morgan fingerprint density at radius 1 is 0.935 bits per heavy atom. The first kappa shape index (κ1) is 34.4. The number of amides is 1. The molecule has 1 amide bonds. The molecule has 250 valence electrons. The van der Waals surface area contributed by atoms with Gasteiger partial charge in [-0.05, 0) is 67.5 Å². The van der Waals surface area contributed by atoms with Crippen LogP contribution >= 0.6 is 23.2 Å². The second-order valence-electron chi connectivity index (χ2n) is 11.3. The minimum absolute atomic E-state index is 0.0470. The van der Waals surface area contributed by atoms with Crippen molar-refractivity contribution >= 4 is 35.2 Å². The van der Waals surface area contributed by atoms with E-state index in [9.17, 15) is 35.4 Å². The Morgan fingerprint density at radius 2 is 1.63 bits per heavy atom. The fourth-order valence-electron chi connectivity index (χ4n) is 5.48. The lowest BCUT2D eigenvalue weighted by Gasteiger charge is -2.41. The maximum Gasteiger partial charge on any atom is 0.247 e. The number of hydrogen-bond donors (Lipinski definition) is 7. The number of aliphatic hydroxyl groups is 5. The van der Waals surface area contributed by atoms with Crippen LogP contribution in [0.15, 0.2) is 53.6 Å². The standard InChI is InChI=1S/C31H35Cl2NO12/c1-13(7-8-42-19-6-4-16(32)11-17(19)33)27-25(39)26(40)31(46-27)45-20-5-3-15(10-18(20)35)9-14(2)30(41)34-21-22(36)24(38)29-28(23(21)37)43-12-44-29/h3-7,9-11,21-29,31,35-40H,8,12H2,1-2H3,(H,34,41)/b13-7+,14-9+/t21-,22+,23-,24-,25+,26+,27-,28+,29-,31-/m1/s1. The number of carbonyl (C=O) groups excluding carboxylic acids is 1. The molecule has 13 nitrogen and oxygen atoms in total. The molecule has 46 heavy (non-hydrogen) atoms. The van der Waals surface area contributed by atoms with Crippen molar-refractivity contribution in [3.63, 3.8) is 0 Å². The lowest BCUT2D eigenvalue weighted by Crippen LogP contribution is -2.67. The van der Waals surface area contributed by atoms with Crippen molar-refractivity contribution in [2.24, 2.45) is 0 Å². The number of halogens is 2.